The predicted octanol–water partition coefficient (Wildman–Crippen LogP) is 4.64. The Bertz CT molecular complexity index is 1180. The van der Waals surface area contributed by atoms with Crippen molar-refractivity contribution in [2.45, 2.75) is 6.61 Å². The number of carbonyl (C=O) groups excluding carboxylic acids is 1. The number of ketones is 1. The van der Waals surface area contributed by atoms with E-state index >= 15 is 0 Å². The molecule has 0 aliphatic carbocycles. The summed E-state index contributed by atoms with van der Waals surface area (Å²) in [5.74, 6) is -0.198. The molecule has 1 saturated heterocycles. The van der Waals surface area contributed by atoms with Gasteiger partial charge in [-0.15, -0.1) is 0 Å². The van der Waals surface area contributed by atoms with Gasteiger partial charge in [-0.25, -0.2) is 4.39 Å². The third kappa shape index (κ3) is 5.35. The lowest BCUT2D eigenvalue weighted by Crippen LogP contribution is -2.45. The number of aliphatic hydroxyl groups excluding tert-OH is 1. The summed E-state index contributed by atoms with van der Waals surface area (Å²) in [5.41, 5.74) is 4.49. The standard InChI is InChI=1S/C28H29FN2O3/c1-30-13-15-31(16-14-30)27-11-8-23(21-5-3-20(19-32)4-6-21)17-25(27)28(33)12-9-22-7-10-24(34-2)18-26(22)29/h3-12,17-18,32H,13-16,19H2,1-2H3. The molecule has 0 saturated carbocycles. The fraction of sp³-hybridized carbons (Fsp3) is 0.250. The van der Waals surface area contributed by atoms with Crippen LogP contribution in [-0.2, 0) is 6.61 Å². The van der Waals surface area contributed by atoms with Crippen molar-refractivity contribution in [3.05, 3.63) is 89.2 Å². The minimum absolute atomic E-state index is 0.0148. The molecule has 1 N–H and O–H groups in total. The number of aliphatic hydroxyl groups is 1. The number of likely N-dealkylation sites (N-methyl/N-ethyl adjacent to an activating group) is 1. The molecule has 1 heterocycles. The van der Waals surface area contributed by atoms with E-state index in [9.17, 15) is 14.3 Å². The van der Waals surface area contributed by atoms with Crippen molar-refractivity contribution in [1.29, 1.82) is 0 Å². The molecule has 0 bridgehead atoms. The maximum absolute atomic E-state index is 14.4. The van der Waals surface area contributed by atoms with Gasteiger partial charge in [-0.2, -0.15) is 0 Å². The van der Waals surface area contributed by atoms with Gasteiger partial charge in [0.25, 0.3) is 0 Å². The molecule has 1 aliphatic heterocycles. The number of piperazine rings is 1. The second-order valence-corrected chi connectivity index (χ2v) is 8.46. The molecule has 0 radical (unpaired) electrons. The van der Waals surface area contributed by atoms with E-state index in [0.717, 1.165) is 48.6 Å². The smallest absolute Gasteiger partial charge is 0.187 e. The highest BCUT2D eigenvalue weighted by Crippen LogP contribution is 2.30. The van der Waals surface area contributed by atoms with E-state index in [-0.39, 0.29) is 12.4 Å². The summed E-state index contributed by atoms with van der Waals surface area (Å²) in [5, 5.41) is 9.32. The molecule has 0 amide bonds. The first-order valence-electron chi connectivity index (χ1n) is 11.3. The Morgan fingerprint density at radius 3 is 2.35 bits per heavy atom. The van der Waals surface area contributed by atoms with Crippen molar-refractivity contribution in [1.82, 2.24) is 4.90 Å². The van der Waals surface area contributed by atoms with E-state index in [1.165, 1.54) is 25.3 Å². The van der Waals surface area contributed by atoms with Crippen molar-refractivity contribution >= 4 is 17.5 Å². The normalized spacial score (nSPS) is 14.5. The van der Waals surface area contributed by atoms with Gasteiger partial charge < -0.3 is 19.6 Å². The fourth-order valence-corrected chi connectivity index (χ4v) is 4.06. The van der Waals surface area contributed by atoms with E-state index in [1.807, 2.05) is 42.5 Å². The van der Waals surface area contributed by atoms with Gasteiger partial charge in [0, 0.05) is 49.1 Å². The molecule has 1 aliphatic rings. The van der Waals surface area contributed by atoms with E-state index in [0.29, 0.717) is 16.9 Å². The molecule has 3 aromatic carbocycles. The Morgan fingerprint density at radius 1 is 1.00 bits per heavy atom. The van der Waals surface area contributed by atoms with E-state index < -0.39 is 5.82 Å². The average molecular weight is 461 g/mol. The maximum atomic E-state index is 14.4. The largest absolute Gasteiger partial charge is 0.497 e. The fourth-order valence-electron chi connectivity index (χ4n) is 4.06. The maximum Gasteiger partial charge on any atom is 0.187 e. The highest BCUT2D eigenvalue weighted by Gasteiger charge is 2.20. The molecular weight excluding hydrogens is 431 g/mol. The van der Waals surface area contributed by atoms with Crippen molar-refractivity contribution in [2.24, 2.45) is 0 Å². The van der Waals surface area contributed by atoms with Crippen molar-refractivity contribution in [2.75, 3.05) is 45.2 Å². The quantitative estimate of drug-likeness (QED) is 0.411. The first-order valence-corrected chi connectivity index (χ1v) is 11.3. The van der Waals surface area contributed by atoms with Crippen LogP contribution in [0.5, 0.6) is 5.75 Å². The Labute approximate surface area is 199 Å². The van der Waals surface area contributed by atoms with Gasteiger partial charge in [0.05, 0.1) is 13.7 Å². The number of hydrogen-bond acceptors (Lipinski definition) is 5. The molecule has 0 unspecified atom stereocenters. The first-order chi connectivity index (χ1) is 16.5. The number of ether oxygens (including phenoxy) is 1. The lowest BCUT2D eigenvalue weighted by Gasteiger charge is -2.35. The zero-order chi connectivity index (χ0) is 24.1. The van der Waals surface area contributed by atoms with Crippen LogP contribution >= 0.6 is 0 Å². The molecule has 0 aromatic heterocycles. The Balaban J connectivity index is 1.68. The summed E-state index contributed by atoms with van der Waals surface area (Å²) in [7, 11) is 3.58. The van der Waals surface area contributed by atoms with Crippen LogP contribution in [0.3, 0.4) is 0 Å². The number of halogens is 1. The molecule has 6 heteroatoms. The van der Waals surface area contributed by atoms with Crippen LogP contribution in [-0.4, -0.2) is 56.1 Å². The highest BCUT2D eigenvalue weighted by atomic mass is 19.1. The summed E-state index contributed by atoms with van der Waals surface area (Å²) in [6.07, 6.45) is 2.94. The van der Waals surface area contributed by atoms with Crippen molar-refractivity contribution in [3.8, 4) is 16.9 Å². The van der Waals surface area contributed by atoms with Crippen LogP contribution in [0.1, 0.15) is 21.5 Å². The molecule has 0 atom stereocenters. The number of carbonyl (C=O) groups is 1. The minimum Gasteiger partial charge on any atom is -0.497 e. The van der Waals surface area contributed by atoms with Crippen LogP contribution in [0.15, 0.2) is 66.7 Å². The molecule has 34 heavy (non-hydrogen) atoms. The van der Waals surface area contributed by atoms with E-state index in [2.05, 4.69) is 16.8 Å². The van der Waals surface area contributed by atoms with Gasteiger partial charge in [0.2, 0.25) is 0 Å². The van der Waals surface area contributed by atoms with Crippen LogP contribution in [0.25, 0.3) is 17.2 Å². The minimum atomic E-state index is -0.444. The summed E-state index contributed by atoms with van der Waals surface area (Å²) < 4.78 is 19.4. The Hall–Kier alpha value is -3.48. The first kappa shape index (κ1) is 23.7. The molecule has 0 spiro atoms. The third-order valence-corrected chi connectivity index (χ3v) is 6.20. The zero-order valence-electron chi connectivity index (χ0n) is 19.5. The number of nitrogens with zero attached hydrogens (tertiary/aromatic N) is 2. The van der Waals surface area contributed by atoms with Gasteiger partial charge in [-0.05, 0) is 60.2 Å². The molecular formula is C28H29FN2O3. The van der Waals surface area contributed by atoms with Crippen molar-refractivity contribution < 1.29 is 19.0 Å². The monoisotopic (exact) mass is 460 g/mol. The third-order valence-electron chi connectivity index (χ3n) is 6.20. The highest BCUT2D eigenvalue weighted by molar-refractivity contribution is 6.11. The van der Waals surface area contributed by atoms with Crippen LogP contribution < -0.4 is 9.64 Å². The van der Waals surface area contributed by atoms with Crippen LogP contribution in [0, 0.1) is 5.82 Å². The number of hydrogen-bond donors (Lipinski definition) is 1. The number of rotatable bonds is 7. The number of benzene rings is 3. The van der Waals surface area contributed by atoms with E-state index in [1.54, 1.807) is 12.1 Å². The second-order valence-electron chi connectivity index (χ2n) is 8.46. The predicted molar refractivity (Wildman–Crippen MR) is 134 cm³/mol. The van der Waals surface area contributed by atoms with Crippen LogP contribution in [0.2, 0.25) is 0 Å². The summed E-state index contributed by atoms with van der Waals surface area (Å²) >= 11 is 0. The Morgan fingerprint density at radius 2 is 1.71 bits per heavy atom. The van der Waals surface area contributed by atoms with Gasteiger partial charge in [-0.1, -0.05) is 30.3 Å². The van der Waals surface area contributed by atoms with E-state index in [4.69, 9.17) is 4.74 Å². The second kappa shape index (κ2) is 10.6. The number of anilines is 1. The Kier molecular flexibility index (Phi) is 7.40. The number of methoxy groups -OCH3 is 1. The summed E-state index contributed by atoms with van der Waals surface area (Å²) in [6, 6.07) is 18.1. The zero-order valence-corrected chi connectivity index (χ0v) is 19.5. The molecule has 4 rings (SSSR count). The lowest BCUT2D eigenvalue weighted by atomic mass is 9.97. The average Bonchev–Trinajstić information content (AvgIpc) is 2.88. The summed E-state index contributed by atoms with van der Waals surface area (Å²) in [4.78, 5) is 17.9. The van der Waals surface area contributed by atoms with Crippen LogP contribution in [0.4, 0.5) is 10.1 Å². The summed E-state index contributed by atoms with van der Waals surface area (Å²) in [6.45, 7) is 3.49. The molecule has 3 aromatic rings. The van der Waals surface area contributed by atoms with Gasteiger partial charge in [0.15, 0.2) is 5.78 Å². The number of allylic oxidation sites excluding steroid dienone is 1. The molecule has 5 nitrogen and oxygen atoms in total. The van der Waals surface area contributed by atoms with Gasteiger partial charge in [-0.3, -0.25) is 4.79 Å². The topological polar surface area (TPSA) is 53.0 Å². The molecule has 176 valence electrons. The SMILES string of the molecule is COc1ccc(C=CC(=O)c2cc(-c3ccc(CO)cc3)ccc2N2CCN(C)CC2)c(F)c1. The van der Waals surface area contributed by atoms with Gasteiger partial charge >= 0.3 is 0 Å². The van der Waals surface area contributed by atoms with Gasteiger partial charge in [0.1, 0.15) is 11.6 Å². The van der Waals surface area contributed by atoms with Crippen molar-refractivity contribution in [3.63, 3.8) is 0 Å². The lowest BCUT2D eigenvalue weighted by molar-refractivity contribution is 0.104. The molecule has 1 fully saturated rings.